The fourth-order valence-electron chi connectivity index (χ4n) is 3.27. The van der Waals surface area contributed by atoms with Gasteiger partial charge < -0.3 is 15.4 Å². The molecule has 2 aliphatic rings. The van der Waals surface area contributed by atoms with Crippen LogP contribution in [-0.4, -0.2) is 37.4 Å². The average molecular weight is 226 g/mol. The van der Waals surface area contributed by atoms with Gasteiger partial charge in [-0.3, -0.25) is 0 Å². The van der Waals surface area contributed by atoms with E-state index >= 15 is 0 Å². The maximum atomic E-state index is 5.49. The van der Waals surface area contributed by atoms with Gasteiger partial charge in [0.25, 0.3) is 0 Å². The molecule has 1 atom stereocenters. The molecule has 2 N–H and O–H groups in total. The third-order valence-electron chi connectivity index (χ3n) is 3.82. The SMILES string of the molecule is CC(C)(C)N[C@@]1(C2CCOCC2)CCNC1. The normalized spacial score (nSPS) is 33.2. The smallest absolute Gasteiger partial charge is 0.0469 e. The Morgan fingerprint density at radius 1 is 1.25 bits per heavy atom. The van der Waals surface area contributed by atoms with Crippen molar-refractivity contribution < 1.29 is 4.74 Å². The van der Waals surface area contributed by atoms with Crippen LogP contribution >= 0.6 is 0 Å². The van der Waals surface area contributed by atoms with Crippen molar-refractivity contribution in [1.29, 1.82) is 0 Å². The first-order chi connectivity index (χ1) is 7.52. The minimum absolute atomic E-state index is 0.199. The summed E-state index contributed by atoms with van der Waals surface area (Å²) in [5.41, 5.74) is 0.506. The van der Waals surface area contributed by atoms with Gasteiger partial charge in [0.1, 0.15) is 0 Å². The monoisotopic (exact) mass is 226 g/mol. The Balaban J connectivity index is 2.07. The molecule has 0 radical (unpaired) electrons. The van der Waals surface area contributed by atoms with Crippen LogP contribution in [0.3, 0.4) is 0 Å². The molecule has 3 nitrogen and oxygen atoms in total. The van der Waals surface area contributed by atoms with Crippen LogP contribution in [0.5, 0.6) is 0 Å². The molecule has 0 saturated carbocycles. The molecule has 0 aromatic rings. The Hall–Kier alpha value is -0.120. The van der Waals surface area contributed by atoms with E-state index in [9.17, 15) is 0 Å². The van der Waals surface area contributed by atoms with Crippen molar-refractivity contribution in [3.8, 4) is 0 Å². The van der Waals surface area contributed by atoms with Crippen molar-refractivity contribution >= 4 is 0 Å². The van der Waals surface area contributed by atoms with E-state index < -0.39 is 0 Å². The topological polar surface area (TPSA) is 33.3 Å². The zero-order valence-corrected chi connectivity index (χ0v) is 10.9. The first kappa shape index (κ1) is 12.3. The molecule has 94 valence electrons. The van der Waals surface area contributed by atoms with Crippen LogP contribution in [0.1, 0.15) is 40.0 Å². The van der Waals surface area contributed by atoms with E-state index in [-0.39, 0.29) is 5.54 Å². The summed E-state index contributed by atoms with van der Waals surface area (Å²) < 4.78 is 5.49. The largest absolute Gasteiger partial charge is 0.381 e. The van der Waals surface area contributed by atoms with Gasteiger partial charge in [0.2, 0.25) is 0 Å². The molecule has 2 saturated heterocycles. The summed E-state index contributed by atoms with van der Waals surface area (Å²) in [6.45, 7) is 11.0. The Morgan fingerprint density at radius 3 is 2.44 bits per heavy atom. The number of ether oxygens (including phenoxy) is 1. The van der Waals surface area contributed by atoms with Gasteiger partial charge in [0.15, 0.2) is 0 Å². The van der Waals surface area contributed by atoms with Crippen LogP contribution in [0.4, 0.5) is 0 Å². The van der Waals surface area contributed by atoms with Crippen molar-refractivity contribution in [2.45, 2.75) is 51.1 Å². The summed E-state index contributed by atoms with van der Waals surface area (Å²) in [6, 6.07) is 0. The lowest BCUT2D eigenvalue weighted by Crippen LogP contribution is -2.60. The van der Waals surface area contributed by atoms with Crippen LogP contribution in [-0.2, 0) is 4.74 Å². The Morgan fingerprint density at radius 2 is 1.94 bits per heavy atom. The van der Waals surface area contributed by atoms with Gasteiger partial charge >= 0.3 is 0 Å². The van der Waals surface area contributed by atoms with E-state index in [2.05, 4.69) is 31.4 Å². The maximum Gasteiger partial charge on any atom is 0.0469 e. The quantitative estimate of drug-likeness (QED) is 0.749. The van der Waals surface area contributed by atoms with E-state index in [1.165, 1.54) is 19.3 Å². The molecular formula is C13H26N2O. The van der Waals surface area contributed by atoms with Crippen LogP contribution in [0.15, 0.2) is 0 Å². The predicted molar refractivity (Wildman–Crippen MR) is 66.6 cm³/mol. The standard InChI is InChI=1S/C13H26N2O/c1-12(2,3)15-13(6-7-14-10-13)11-4-8-16-9-5-11/h11,14-15H,4-10H2,1-3H3/t13-/m0/s1. The molecule has 2 aliphatic heterocycles. The molecule has 16 heavy (non-hydrogen) atoms. The Labute approximate surface area is 99.3 Å². The molecule has 0 aliphatic carbocycles. The first-order valence-electron chi connectivity index (χ1n) is 6.60. The van der Waals surface area contributed by atoms with Crippen LogP contribution in [0.25, 0.3) is 0 Å². The molecule has 2 heterocycles. The average Bonchev–Trinajstić information content (AvgIpc) is 2.66. The molecular weight excluding hydrogens is 200 g/mol. The second-order valence-corrected chi connectivity index (χ2v) is 6.34. The Bertz CT molecular complexity index is 223. The summed E-state index contributed by atoms with van der Waals surface area (Å²) in [6.07, 6.45) is 3.68. The van der Waals surface area contributed by atoms with Crippen molar-refractivity contribution in [2.24, 2.45) is 5.92 Å². The number of hydrogen-bond acceptors (Lipinski definition) is 3. The van der Waals surface area contributed by atoms with E-state index in [4.69, 9.17) is 4.74 Å². The lowest BCUT2D eigenvalue weighted by atomic mass is 9.77. The summed E-state index contributed by atoms with van der Waals surface area (Å²) in [7, 11) is 0. The zero-order valence-electron chi connectivity index (χ0n) is 10.9. The van der Waals surface area contributed by atoms with Crippen molar-refractivity contribution in [3.05, 3.63) is 0 Å². The molecule has 0 spiro atoms. The Kier molecular flexibility index (Phi) is 3.57. The maximum absolute atomic E-state index is 5.49. The zero-order chi connectivity index (χ0) is 11.6. The first-order valence-corrected chi connectivity index (χ1v) is 6.60. The number of nitrogens with one attached hydrogen (secondary N) is 2. The van der Waals surface area contributed by atoms with Crippen molar-refractivity contribution in [1.82, 2.24) is 10.6 Å². The van der Waals surface area contributed by atoms with Gasteiger partial charge in [-0.05, 0) is 52.5 Å². The highest BCUT2D eigenvalue weighted by atomic mass is 16.5. The summed E-state index contributed by atoms with van der Waals surface area (Å²) in [5.74, 6) is 0.774. The minimum atomic E-state index is 0.199. The van der Waals surface area contributed by atoms with Gasteiger partial charge in [0, 0.05) is 30.8 Å². The van der Waals surface area contributed by atoms with Gasteiger partial charge in [-0.15, -0.1) is 0 Å². The third kappa shape index (κ3) is 2.76. The molecule has 0 amide bonds. The number of rotatable bonds is 2. The van der Waals surface area contributed by atoms with Crippen LogP contribution in [0, 0.1) is 5.92 Å². The third-order valence-corrected chi connectivity index (χ3v) is 3.82. The van der Waals surface area contributed by atoms with Gasteiger partial charge in [-0.1, -0.05) is 0 Å². The molecule has 2 fully saturated rings. The summed E-state index contributed by atoms with van der Waals surface area (Å²) in [4.78, 5) is 0. The molecule has 3 heteroatoms. The fraction of sp³-hybridized carbons (Fsp3) is 1.00. The molecule has 0 unspecified atom stereocenters. The second kappa shape index (κ2) is 4.63. The van der Waals surface area contributed by atoms with E-state index in [1.54, 1.807) is 0 Å². The van der Waals surface area contributed by atoms with E-state index in [0.29, 0.717) is 5.54 Å². The summed E-state index contributed by atoms with van der Waals surface area (Å²) >= 11 is 0. The van der Waals surface area contributed by atoms with Gasteiger partial charge in [0.05, 0.1) is 0 Å². The minimum Gasteiger partial charge on any atom is -0.381 e. The highest BCUT2D eigenvalue weighted by Gasteiger charge is 2.43. The predicted octanol–water partition coefficient (Wildman–Crippen LogP) is 1.53. The van der Waals surface area contributed by atoms with Crippen molar-refractivity contribution in [3.63, 3.8) is 0 Å². The van der Waals surface area contributed by atoms with E-state index in [0.717, 1.165) is 32.2 Å². The lowest BCUT2D eigenvalue weighted by molar-refractivity contribution is 0.0256. The van der Waals surface area contributed by atoms with Crippen LogP contribution < -0.4 is 10.6 Å². The highest BCUT2D eigenvalue weighted by molar-refractivity contribution is 5.03. The highest BCUT2D eigenvalue weighted by Crippen LogP contribution is 2.33. The number of hydrogen-bond donors (Lipinski definition) is 2. The van der Waals surface area contributed by atoms with Gasteiger partial charge in [-0.2, -0.15) is 0 Å². The fourth-order valence-corrected chi connectivity index (χ4v) is 3.27. The molecule has 0 aromatic carbocycles. The van der Waals surface area contributed by atoms with Crippen molar-refractivity contribution in [2.75, 3.05) is 26.3 Å². The lowest BCUT2D eigenvalue weighted by Gasteiger charge is -2.44. The molecule has 0 bridgehead atoms. The second-order valence-electron chi connectivity index (χ2n) is 6.34. The molecule has 2 rings (SSSR count). The molecule has 0 aromatic heterocycles. The van der Waals surface area contributed by atoms with Gasteiger partial charge in [-0.25, -0.2) is 0 Å². The summed E-state index contributed by atoms with van der Waals surface area (Å²) in [5, 5.41) is 7.41. The van der Waals surface area contributed by atoms with Crippen LogP contribution in [0.2, 0.25) is 0 Å². The van der Waals surface area contributed by atoms with E-state index in [1.807, 2.05) is 0 Å².